The maximum atomic E-state index is 13.9. The Balaban J connectivity index is 1.76. The van der Waals surface area contributed by atoms with Crippen molar-refractivity contribution in [2.45, 2.75) is 37.6 Å². The molecule has 1 aliphatic heterocycles. The molecule has 13 heteroatoms. The number of anilines is 2. The average molecular weight is 576 g/mol. The monoisotopic (exact) mass is 575 g/mol. The van der Waals surface area contributed by atoms with Gasteiger partial charge in [0.25, 0.3) is 10.0 Å². The summed E-state index contributed by atoms with van der Waals surface area (Å²) in [5, 5.41) is 2.31. The molecule has 40 heavy (non-hydrogen) atoms. The van der Waals surface area contributed by atoms with E-state index in [9.17, 15) is 26.4 Å². The van der Waals surface area contributed by atoms with Crippen LogP contribution in [0.4, 0.5) is 29.6 Å². The lowest BCUT2D eigenvalue weighted by molar-refractivity contribution is -0.137. The van der Waals surface area contributed by atoms with Gasteiger partial charge in [0.2, 0.25) is 0 Å². The lowest BCUT2D eigenvalue weighted by Crippen LogP contribution is -2.38. The zero-order valence-electron chi connectivity index (χ0n) is 22.0. The number of nitrogens with one attached hydrogen (secondary N) is 2. The third kappa shape index (κ3) is 7.08. The van der Waals surface area contributed by atoms with Crippen LogP contribution in [-0.2, 0) is 20.9 Å². The van der Waals surface area contributed by atoms with E-state index in [4.69, 9.17) is 4.74 Å². The number of halogens is 3. The van der Waals surface area contributed by atoms with Crippen LogP contribution in [0.1, 0.15) is 31.9 Å². The highest BCUT2D eigenvalue weighted by atomic mass is 32.2. The molecule has 4 bridgehead atoms. The summed E-state index contributed by atoms with van der Waals surface area (Å²) >= 11 is 0. The topological polar surface area (TPSA) is 114 Å². The molecule has 2 aromatic heterocycles. The average Bonchev–Trinajstić information content (AvgIpc) is 2.86. The van der Waals surface area contributed by atoms with Crippen molar-refractivity contribution in [3.63, 3.8) is 0 Å². The molecule has 2 N–H and O–H groups in total. The quantitative estimate of drug-likeness (QED) is 0.435. The van der Waals surface area contributed by atoms with E-state index >= 15 is 0 Å². The number of sulfonamides is 1. The number of nitrogens with zero attached hydrogens (tertiary/aromatic N) is 3. The van der Waals surface area contributed by atoms with Crippen molar-refractivity contribution in [3.05, 3.63) is 71.8 Å². The van der Waals surface area contributed by atoms with Gasteiger partial charge in [0.1, 0.15) is 17.2 Å². The molecule has 0 unspecified atom stereocenters. The van der Waals surface area contributed by atoms with Gasteiger partial charge >= 0.3 is 12.3 Å². The van der Waals surface area contributed by atoms with E-state index in [2.05, 4.69) is 20.0 Å². The molecule has 0 fully saturated rings. The first-order valence-corrected chi connectivity index (χ1v) is 13.8. The van der Waals surface area contributed by atoms with Crippen LogP contribution in [0.5, 0.6) is 0 Å². The Hall–Kier alpha value is -4.13. The largest absolute Gasteiger partial charge is 0.444 e. The maximum Gasteiger partial charge on any atom is 0.418 e. The molecule has 1 aromatic carbocycles. The number of hydrogen-bond donors (Lipinski definition) is 2. The number of pyridine rings is 2. The molecule has 1 amide bonds. The summed E-state index contributed by atoms with van der Waals surface area (Å²) in [7, 11) is -4.31. The zero-order valence-corrected chi connectivity index (χ0v) is 22.8. The Kier molecular flexibility index (Phi) is 8.05. The van der Waals surface area contributed by atoms with Crippen LogP contribution in [-0.4, -0.2) is 49.7 Å². The summed E-state index contributed by atoms with van der Waals surface area (Å²) < 4.78 is 75.6. The van der Waals surface area contributed by atoms with Crippen LogP contribution in [0.3, 0.4) is 0 Å². The number of carbonyl (C=O) groups excluding carboxylic acids is 1. The van der Waals surface area contributed by atoms with Gasteiger partial charge in [-0.1, -0.05) is 42.5 Å². The fourth-order valence-electron chi connectivity index (χ4n) is 3.94. The van der Waals surface area contributed by atoms with Crippen LogP contribution in [0.15, 0.2) is 65.7 Å². The van der Waals surface area contributed by atoms with Crippen LogP contribution in [0.2, 0.25) is 0 Å². The van der Waals surface area contributed by atoms with Crippen molar-refractivity contribution in [1.82, 2.24) is 15.3 Å². The summed E-state index contributed by atoms with van der Waals surface area (Å²) in [4.78, 5) is 22.2. The SMILES string of the molecule is CC(C)(C)OC(=O)NCCN1C/C=C/c2ccccc2-c2nc(ccc2C(F)(F)F)NS(=O)(=O)c2cccc1n2. The number of amides is 1. The van der Waals surface area contributed by atoms with Crippen molar-refractivity contribution in [2.75, 3.05) is 29.3 Å². The minimum Gasteiger partial charge on any atom is -0.444 e. The number of benzene rings is 1. The lowest BCUT2D eigenvalue weighted by atomic mass is 9.99. The number of rotatable bonds is 3. The molecule has 0 aliphatic carbocycles. The number of carbonyl (C=O) groups is 1. The normalized spacial score (nSPS) is 15.7. The van der Waals surface area contributed by atoms with Gasteiger partial charge in [0, 0.05) is 25.2 Å². The summed E-state index contributed by atoms with van der Waals surface area (Å²) in [6, 6.07) is 12.6. The number of ether oxygens (including phenoxy) is 1. The van der Waals surface area contributed by atoms with E-state index in [1.807, 2.05) is 0 Å². The minimum absolute atomic E-state index is 0.152. The van der Waals surface area contributed by atoms with Gasteiger partial charge in [-0.15, -0.1) is 0 Å². The van der Waals surface area contributed by atoms with Gasteiger partial charge in [-0.2, -0.15) is 21.6 Å². The first-order chi connectivity index (χ1) is 18.7. The Morgan fingerprint density at radius 1 is 1.05 bits per heavy atom. The predicted octanol–water partition coefficient (Wildman–Crippen LogP) is 5.32. The van der Waals surface area contributed by atoms with E-state index in [1.54, 1.807) is 62.1 Å². The van der Waals surface area contributed by atoms with Crippen molar-refractivity contribution < 1.29 is 31.1 Å². The third-order valence-corrected chi connectivity index (χ3v) is 6.89. The number of hydrogen-bond acceptors (Lipinski definition) is 7. The van der Waals surface area contributed by atoms with Crippen LogP contribution < -0.4 is 14.9 Å². The van der Waals surface area contributed by atoms with E-state index in [-0.39, 0.29) is 36.0 Å². The number of aromatic nitrogens is 2. The van der Waals surface area contributed by atoms with Gasteiger partial charge in [-0.25, -0.2) is 14.8 Å². The Morgan fingerprint density at radius 2 is 1.80 bits per heavy atom. The lowest BCUT2D eigenvalue weighted by Gasteiger charge is -2.24. The first kappa shape index (κ1) is 28.9. The van der Waals surface area contributed by atoms with Crippen LogP contribution >= 0.6 is 0 Å². The van der Waals surface area contributed by atoms with Gasteiger partial charge in [0.15, 0.2) is 5.03 Å². The molecule has 3 aromatic rings. The molecule has 1 aliphatic rings. The molecular weight excluding hydrogens is 547 g/mol. The minimum atomic E-state index is -4.73. The Bertz CT molecular complexity index is 1540. The molecule has 4 rings (SSSR count). The Morgan fingerprint density at radius 3 is 2.52 bits per heavy atom. The molecule has 0 saturated carbocycles. The van der Waals surface area contributed by atoms with Gasteiger partial charge in [0.05, 0.1) is 11.3 Å². The fraction of sp³-hybridized carbons (Fsp3) is 0.296. The van der Waals surface area contributed by atoms with Crippen molar-refractivity contribution in [2.24, 2.45) is 0 Å². The van der Waals surface area contributed by atoms with Gasteiger partial charge in [-0.3, -0.25) is 4.72 Å². The van der Waals surface area contributed by atoms with E-state index in [0.29, 0.717) is 11.4 Å². The van der Waals surface area contributed by atoms with Crippen LogP contribution in [0.25, 0.3) is 17.3 Å². The van der Waals surface area contributed by atoms with Crippen molar-refractivity contribution in [1.29, 1.82) is 0 Å². The number of alkyl halides is 3. The van der Waals surface area contributed by atoms with E-state index < -0.39 is 39.2 Å². The van der Waals surface area contributed by atoms with Crippen LogP contribution in [0, 0.1) is 0 Å². The van der Waals surface area contributed by atoms with E-state index in [0.717, 1.165) is 12.1 Å². The summed E-state index contributed by atoms with van der Waals surface area (Å²) in [5.41, 5.74) is -1.46. The Labute approximate surface area is 230 Å². The zero-order chi connectivity index (χ0) is 29.1. The third-order valence-electron chi connectivity index (χ3n) is 5.64. The maximum absolute atomic E-state index is 13.9. The summed E-state index contributed by atoms with van der Waals surface area (Å²) in [6.45, 7) is 5.80. The number of fused-ring (bicyclic) bond motifs is 6. The highest BCUT2D eigenvalue weighted by molar-refractivity contribution is 7.92. The second-order valence-electron chi connectivity index (χ2n) is 9.89. The second-order valence-corrected chi connectivity index (χ2v) is 11.5. The summed E-state index contributed by atoms with van der Waals surface area (Å²) in [5.74, 6) is 0.0226. The molecule has 3 heterocycles. The first-order valence-electron chi connectivity index (χ1n) is 12.3. The standard InChI is InChI=1S/C27H28F3N5O4S/c1-26(2,3)39-25(36)31-15-17-35-16-7-9-18-8-4-5-10-19(18)24-20(27(28,29)30)13-14-21(32-24)34-40(37,38)23-12-6-11-22(35)33-23/h4-14H,15-17H2,1-3H3,(H,31,36)(H,32,34)/b9-7+. The summed E-state index contributed by atoms with van der Waals surface area (Å²) in [6.07, 6.45) is -1.95. The van der Waals surface area contributed by atoms with Gasteiger partial charge in [-0.05, 0) is 50.6 Å². The smallest absolute Gasteiger partial charge is 0.418 e. The fourth-order valence-corrected chi connectivity index (χ4v) is 4.91. The molecule has 0 spiro atoms. The molecular formula is C27H28F3N5O4S. The van der Waals surface area contributed by atoms with E-state index in [1.165, 1.54) is 18.2 Å². The molecule has 9 nitrogen and oxygen atoms in total. The second kappa shape index (κ2) is 11.2. The van der Waals surface area contributed by atoms with Crippen molar-refractivity contribution >= 4 is 33.8 Å². The van der Waals surface area contributed by atoms with Gasteiger partial charge < -0.3 is 15.0 Å². The highest BCUT2D eigenvalue weighted by Crippen LogP contribution is 2.38. The predicted molar refractivity (Wildman–Crippen MR) is 145 cm³/mol. The number of alkyl carbamates (subject to hydrolysis) is 1. The molecule has 0 atom stereocenters. The molecule has 212 valence electrons. The highest BCUT2D eigenvalue weighted by Gasteiger charge is 2.35. The molecule has 0 saturated heterocycles. The van der Waals surface area contributed by atoms with Crippen molar-refractivity contribution in [3.8, 4) is 11.3 Å². The molecule has 0 radical (unpaired) electrons.